The highest BCUT2D eigenvalue weighted by Crippen LogP contribution is 2.30. The van der Waals surface area contributed by atoms with Crippen molar-refractivity contribution in [2.24, 2.45) is 5.92 Å². The van der Waals surface area contributed by atoms with E-state index >= 15 is 0 Å². The van der Waals surface area contributed by atoms with E-state index in [1.807, 2.05) is 29.2 Å². The quantitative estimate of drug-likeness (QED) is 0.902. The number of anilines is 1. The SMILES string of the molecule is CCNc1ccccc1C(=O)N1CCN(CC2CC2)CC1. The maximum absolute atomic E-state index is 12.7. The Morgan fingerprint density at radius 3 is 2.57 bits per heavy atom. The summed E-state index contributed by atoms with van der Waals surface area (Å²) >= 11 is 0. The lowest BCUT2D eigenvalue weighted by molar-refractivity contribution is 0.0633. The van der Waals surface area contributed by atoms with Crippen LogP contribution < -0.4 is 5.32 Å². The zero-order valence-corrected chi connectivity index (χ0v) is 12.8. The van der Waals surface area contributed by atoms with E-state index in [0.29, 0.717) is 0 Å². The molecule has 1 heterocycles. The summed E-state index contributed by atoms with van der Waals surface area (Å²) in [5, 5.41) is 3.28. The minimum absolute atomic E-state index is 0.164. The van der Waals surface area contributed by atoms with E-state index in [-0.39, 0.29) is 5.91 Å². The molecule has 1 amide bonds. The zero-order chi connectivity index (χ0) is 14.7. The molecule has 0 bridgehead atoms. The number of para-hydroxylation sites is 1. The molecule has 114 valence electrons. The maximum atomic E-state index is 12.7. The lowest BCUT2D eigenvalue weighted by atomic mass is 10.1. The summed E-state index contributed by atoms with van der Waals surface area (Å²) < 4.78 is 0. The number of benzene rings is 1. The van der Waals surface area contributed by atoms with E-state index in [1.54, 1.807) is 0 Å². The number of hydrogen-bond donors (Lipinski definition) is 1. The third-order valence-electron chi connectivity index (χ3n) is 4.40. The highest BCUT2D eigenvalue weighted by atomic mass is 16.2. The van der Waals surface area contributed by atoms with E-state index in [9.17, 15) is 4.79 Å². The third kappa shape index (κ3) is 3.56. The van der Waals surface area contributed by atoms with Crippen LogP contribution in [0.15, 0.2) is 24.3 Å². The zero-order valence-electron chi connectivity index (χ0n) is 12.8. The van der Waals surface area contributed by atoms with Crippen molar-refractivity contribution in [2.45, 2.75) is 19.8 Å². The molecule has 0 atom stereocenters. The Hall–Kier alpha value is -1.55. The van der Waals surface area contributed by atoms with Gasteiger partial charge in [-0.05, 0) is 37.8 Å². The first-order valence-electron chi connectivity index (χ1n) is 8.12. The summed E-state index contributed by atoms with van der Waals surface area (Å²) in [6.07, 6.45) is 2.80. The molecule has 2 fully saturated rings. The summed E-state index contributed by atoms with van der Waals surface area (Å²) in [5.74, 6) is 1.10. The summed E-state index contributed by atoms with van der Waals surface area (Å²) in [6.45, 7) is 7.86. The van der Waals surface area contributed by atoms with E-state index in [2.05, 4.69) is 17.1 Å². The molecular weight excluding hydrogens is 262 g/mol. The fourth-order valence-electron chi connectivity index (χ4n) is 2.98. The second kappa shape index (κ2) is 6.48. The smallest absolute Gasteiger partial charge is 0.256 e. The van der Waals surface area contributed by atoms with E-state index in [1.165, 1.54) is 19.4 Å². The Morgan fingerprint density at radius 1 is 1.19 bits per heavy atom. The molecule has 0 radical (unpaired) electrons. The Balaban J connectivity index is 1.60. The second-order valence-corrected chi connectivity index (χ2v) is 6.11. The average molecular weight is 287 g/mol. The van der Waals surface area contributed by atoms with E-state index in [4.69, 9.17) is 0 Å². The van der Waals surface area contributed by atoms with Gasteiger partial charge >= 0.3 is 0 Å². The van der Waals surface area contributed by atoms with Gasteiger partial charge in [-0.3, -0.25) is 9.69 Å². The largest absolute Gasteiger partial charge is 0.385 e. The first kappa shape index (κ1) is 14.4. The lowest BCUT2D eigenvalue weighted by Gasteiger charge is -2.35. The summed E-state index contributed by atoms with van der Waals surface area (Å²) in [4.78, 5) is 17.2. The van der Waals surface area contributed by atoms with Gasteiger partial charge in [0.15, 0.2) is 0 Å². The van der Waals surface area contributed by atoms with Crippen LogP contribution in [0.25, 0.3) is 0 Å². The van der Waals surface area contributed by atoms with Crippen LogP contribution in [-0.2, 0) is 0 Å². The van der Waals surface area contributed by atoms with Gasteiger partial charge < -0.3 is 10.2 Å². The highest BCUT2D eigenvalue weighted by Gasteiger charge is 2.28. The molecule has 1 aromatic rings. The molecule has 0 unspecified atom stereocenters. The fourth-order valence-corrected chi connectivity index (χ4v) is 2.98. The standard InChI is InChI=1S/C17H25N3O/c1-2-18-16-6-4-3-5-15(16)17(21)20-11-9-19(10-12-20)13-14-7-8-14/h3-6,14,18H,2,7-13H2,1H3. The minimum atomic E-state index is 0.164. The van der Waals surface area contributed by atoms with Gasteiger partial charge in [0, 0.05) is 45.0 Å². The maximum Gasteiger partial charge on any atom is 0.256 e. The van der Waals surface area contributed by atoms with Crippen LogP contribution >= 0.6 is 0 Å². The number of rotatable bonds is 5. The summed E-state index contributed by atoms with van der Waals surface area (Å²) in [7, 11) is 0. The Bertz CT molecular complexity index is 491. The van der Waals surface area contributed by atoms with Gasteiger partial charge in [-0.15, -0.1) is 0 Å². The van der Waals surface area contributed by atoms with Crippen molar-refractivity contribution in [1.82, 2.24) is 9.80 Å². The van der Waals surface area contributed by atoms with Crippen LogP contribution in [0.4, 0.5) is 5.69 Å². The molecule has 1 aromatic carbocycles. The van der Waals surface area contributed by atoms with Gasteiger partial charge in [-0.2, -0.15) is 0 Å². The van der Waals surface area contributed by atoms with Crippen molar-refractivity contribution in [3.8, 4) is 0 Å². The van der Waals surface area contributed by atoms with Crippen molar-refractivity contribution in [3.63, 3.8) is 0 Å². The minimum Gasteiger partial charge on any atom is -0.385 e. The van der Waals surface area contributed by atoms with Crippen molar-refractivity contribution in [1.29, 1.82) is 0 Å². The van der Waals surface area contributed by atoms with Crippen LogP contribution in [0.3, 0.4) is 0 Å². The van der Waals surface area contributed by atoms with Crippen molar-refractivity contribution >= 4 is 11.6 Å². The Labute approximate surface area is 127 Å². The number of piperazine rings is 1. The molecule has 1 aliphatic heterocycles. The van der Waals surface area contributed by atoms with Crippen molar-refractivity contribution in [2.75, 3.05) is 44.6 Å². The highest BCUT2D eigenvalue weighted by molar-refractivity contribution is 5.99. The molecular formula is C17H25N3O. The van der Waals surface area contributed by atoms with Crippen molar-refractivity contribution in [3.05, 3.63) is 29.8 Å². The van der Waals surface area contributed by atoms with Gasteiger partial charge in [0.2, 0.25) is 0 Å². The molecule has 4 nitrogen and oxygen atoms in total. The molecule has 1 saturated heterocycles. The Kier molecular flexibility index (Phi) is 4.44. The van der Waals surface area contributed by atoms with E-state index in [0.717, 1.165) is 49.9 Å². The lowest BCUT2D eigenvalue weighted by Crippen LogP contribution is -2.49. The summed E-state index contributed by atoms with van der Waals surface area (Å²) in [6, 6.07) is 7.83. The Morgan fingerprint density at radius 2 is 1.90 bits per heavy atom. The van der Waals surface area contributed by atoms with Crippen LogP contribution in [0, 0.1) is 5.92 Å². The third-order valence-corrected chi connectivity index (χ3v) is 4.40. The molecule has 21 heavy (non-hydrogen) atoms. The number of carbonyl (C=O) groups excluding carboxylic acids is 1. The first-order chi connectivity index (χ1) is 10.3. The first-order valence-corrected chi connectivity index (χ1v) is 8.12. The monoisotopic (exact) mass is 287 g/mol. The topological polar surface area (TPSA) is 35.6 Å². The second-order valence-electron chi connectivity index (χ2n) is 6.11. The molecule has 0 spiro atoms. The van der Waals surface area contributed by atoms with E-state index < -0.39 is 0 Å². The molecule has 1 saturated carbocycles. The van der Waals surface area contributed by atoms with Crippen LogP contribution in [-0.4, -0.2) is 55.0 Å². The van der Waals surface area contributed by atoms with Crippen LogP contribution in [0.2, 0.25) is 0 Å². The van der Waals surface area contributed by atoms with Gasteiger partial charge in [0.05, 0.1) is 5.56 Å². The summed E-state index contributed by atoms with van der Waals surface area (Å²) in [5.41, 5.74) is 1.75. The number of nitrogens with zero attached hydrogens (tertiary/aromatic N) is 2. The molecule has 4 heteroatoms. The van der Waals surface area contributed by atoms with Gasteiger partial charge in [0.1, 0.15) is 0 Å². The normalized spacial score (nSPS) is 19.6. The number of carbonyl (C=O) groups is 1. The van der Waals surface area contributed by atoms with Gasteiger partial charge in [0.25, 0.3) is 5.91 Å². The molecule has 3 rings (SSSR count). The molecule has 1 aliphatic carbocycles. The number of amides is 1. The molecule has 2 aliphatic rings. The predicted molar refractivity (Wildman–Crippen MR) is 85.7 cm³/mol. The number of nitrogens with one attached hydrogen (secondary N) is 1. The van der Waals surface area contributed by atoms with Gasteiger partial charge in [-0.25, -0.2) is 0 Å². The molecule has 0 aromatic heterocycles. The fraction of sp³-hybridized carbons (Fsp3) is 0.588. The molecule has 1 N–H and O–H groups in total. The number of hydrogen-bond acceptors (Lipinski definition) is 3. The average Bonchev–Trinajstić information content (AvgIpc) is 3.32. The van der Waals surface area contributed by atoms with Crippen LogP contribution in [0.5, 0.6) is 0 Å². The predicted octanol–water partition coefficient (Wildman–Crippen LogP) is 2.29. The van der Waals surface area contributed by atoms with Crippen LogP contribution in [0.1, 0.15) is 30.1 Å². The van der Waals surface area contributed by atoms with Gasteiger partial charge in [-0.1, -0.05) is 12.1 Å². The van der Waals surface area contributed by atoms with Crippen molar-refractivity contribution < 1.29 is 4.79 Å².